The number of anilines is 1. The van der Waals surface area contributed by atoms with Gasteiger partial charge in [-0.25, -0.2) is 4.98 Å². The van der Waals surface area contributed by atoms with Crippen molar-refractivity contribution in [2.24, 2.45) is 0 Å². The number of nitrogens with zero attached hydrogens (tertiary/aromatic N) is 5. The second-order valence-corrected chi connectivity index (χ2v) is 6.14. The van der Waals surface area contributed by atoms with Crippen LogP contribution in [0.2, 0.25) is 0 Å². The average Bonchev–Trinajstić information content (AvgIpc) is 2.56. The minimum Gasteiger partial charge on any atom is -0.353 e. The minimum absolute atomic E-state index is 0.618. The van der Waals surface area contributed by atoms with Gasteiger partial charge in [0.15, 0.2) is 0 Å². The van der Waals surface area contributed by atoms with Crippen LogP contribution in [-0.2, 0) is 6.54 Å². The molecule has 0 aromatic carbocycles. The molecule has 2 aromatic rings. The topological polar surface area (TPSA) is 56.1 Å². The van der Waals surface area contributed by atoms with E-state index in [1.807, 2.05) is 24.4 Å². The van der Waals surface area contributed by atoms with Crippen molar-refractivity contribution in [2.45, 2.75) is 6.54 Å². The summed E-state index contributed by atoms with van der Waals surface area (Å²) in [6.07, 6.45) is 3.58. The van der Waals surface area contributed by atoms with Crippen molar-refractivity contribution in [3.05, 3.63) is 52.4 Å². The van der Waals surface area contributed by atoms with Crippen LogP contribution in [0.15, 0.2) is 41.1 Å². The average molecular weight is 358 g/mol. The molecule has 3 rings (SSSR count). The van der Waals surface area contributed by atoms with Crippen LogP contribution in [0, 0.1) is 11.3 Å². The summed E-state index contributed by atoms with van der Waals surface area (Å²) >= 11 is 3.36. The van der Waals surface area contributed by atoms with E-state index in [1.165, 1.54) is 0 Å². The Balaban J connectivity index is 1.64. The fourth-order valence-electron chi connectivity index (χ4n) is 2.60. The lowest BCUT2D eigenvalue weighted by Gasteiger charge is -2.35. The van der Waals surface area contributed by atoms with Gasteiger partial charge in [-0.05, 0) is 34.1 Å². The van der Waals surface area contributed by atoms with Gasteiger partial charge in [0.05, 0.1) is 11.3 Å². The van der Waals surface area contributed by atoms with Gasteiger partial charge in [-0.1, -0.05) is 6.07 Å². The van der Waals surface area contributed by atoms with Crippen LogP contribution in [0.4, 0.5) is 5.82 Å². The lowest BCUT2D eigenvalue weighted by atomic mass is 10.2. The van der Waals surface area contributed by atoms with Gasteiger partial charge < -0.3 is 4.90 Å². The molecule has 0 unspecified atom stereocenters. The highest BCUT2D eigenvalue weighted by Crippen LogP contribution is 2.22. The predicted octanol–water partition coefficient (Wildman–Crippen LogP) is 2.43. The first-order valence-electron chi connectivity index (χ1n) is 7.19. The van der Waals surface area contributed by atoms with Crippen molar-refractivity contribution in [3.63, 3.8) is 0 Å². The molecule has 1 saturated heterocycles. The summed E-state index contributed by atoms with van der Waals surface area (Å²) in [6.45, 7) is 4.50. The van der Waals surface area contributed by atoms with E-state index < -0.39 is 0 Å². The number of rotatable bonds is 3. The maximum absolute atomic E-state index is 9.26. The molecule has 0 aliphatic carbocycles. The van der Waals surface area contributed by atoms with Crippen LogP contribution in [-0.4, -0.2) is 41.0 Å². The molecular weight excluding hydrogens is 342 g/mol. The van der Waals surface area contributed by atoms with Crippen molar-refractivity contribution in [2.75, 3.05) is 31.1 Å². The quantitative estimate of drug-likeness (QED) is 0.844. The van der Waals surface area contributed by atoms with Crippen molar-refractivity contribution in [3.8, 4) is 6.07 Å². The van der Waals surface area contributed by atoms with Crippen LogP contribution in [0.1, 0.15) is 11.3 Å². The standard InChI is InChI=1S/C16H16BrN5/c17-14-9-13(10-18)16(20-11-14)22-7-5-21(6-8-22)12-15-3-1-2-4-19-15/h1-4,9,11H,5-8,12H2. The Hall–Kier alpha value is -1.97. The normalized spacial score (nSPS) is 15.5. The van der Waals surface area contributed by atoms with Gasteiger partial charge in [0, 0.05) is 49.6 Å². The lowest BCUT2D eigenvalue weighted by molar-refractivity contribution is 0.246. The van der Waals surface area contributed by atoms with Crippen molar-refractivity contribution >= 4 is 21.7 Å². The second kappa shape index (κ2) is 6.86. The third kappa shape index (κ3) is 3.43. The first kappa shape index (κ1) is 14.9. The number of halogens is 1. The molecule has 0 bridgehead atoms. The van der Waals surface area contributed by atoms with Gasteiger partial charge in [-0.3, -0.25) is 9.88 Å². The molecule has 0 radical (unpaired) electrons. The largest absolute Gasteiger partial charge is 0.353 e. The van der Waals surface area contributed by atoms with Gasteiger partial charge in [0.2, 0.25) is 0 Å². The van der Waals surface area contributed by atoms with Gasteiger partial charge in [0.25, 0.3) is 0 Å². The zero-order valence-corrected chi connectivity index (χ0v) is 13.7. The zero-order chi connectivity index (χ0) is 15.4. The highest BCUT2D eigenvalue weighted by atomic mass is 79.9. The highest BCUT2D eigenvalue weighted by Gasteiger charge is 2.20. The second-order valence-electron chi connectivity index (χ2n) is 5.22. The molecule has 112 valence electrons. The number of aromatic nitrogens is 2. The summed E-state index contributed by atoms with van der Waals surface area (Å²) in [5, 5.41) is 9.26. The minimum atomic E-state index is 0.618. The van der Waals surface area contributed by atoms with Crippen LogP contribution >= 0.6 is 15.9 Å². The van der Waals surface area contributed by atoms with Crippen LogP contribution in [0.3, 0.4) is 0 Å². The highest BCUT2D eigenvalue weighted by molar-refractivity contribution is 9.10. The Labute approximate surface area is 138 Å². The first-order chi connectivity index (χ1) is 10.8. The van der Waals surface area contributed by atoms with Gasteiger partial charge in [-0.15, -0.1) is 0 Å². The molecule has 6 heteroatoms. The Morgan fingerprint density at radius 1 is 1.18 bits per heavy atom. The van der Waals surface area contributed by atoms with Gasteiger partial charge in [-0.2, -0.15) is 5.26 Å². The molecule has 1 aliphatic heterocycles. The molecule has 0 amide bonds. The fourth-order valence-corrected chi connectivity index (χ4v) is 2.94. The summed E-state index contributed by atoms with van der Waals surface area (Å²) in [4.78, 5) is 13.3. The van der Waals surface area contributed by atoms with Gasteiger partial charge >= 0.3 is 0 Å². The van der Waals surface area contributed by atoms with Crippen LogP contribution in [0.25, 0.3) is 0 Å². The molecule has 0 spiro atoms. The molecule has 1 fully saturated rings. The monoisotopic (exact) mass is 357 g/mol. The Kier molecular flexibility index (Phi) is 4.66. The zero-order valence-electron chi connectivity index (χ0n) is 12.1. The Morgan fingerprint density at radius 3 is 2.68 bits per heavy atom. The summed E-state index contributed by atoms with van der Waals surface area (Å²) in [5.41, 5.74) is 1.71. The Morgan fingerprint density at radius 2 is 2.00 bits per heavy atom. The van der Waals surface area contributed by atoms with Crippen LogP contribution in [0.5, 0.6) is 0 Å². The van der Waals surface area contributed by atoms with E-state index in [2.05, 4.69) is 47.8 Å². The van der Waals surface area contributed by atoms with Crippen molar-refractivity contribution in [1.82, 2.24) is 14.9 Å². The third-order valence-electron chi connectivity index (χ3n) is 3.74. The smallest absolute Gasteiger partial charge is 0.146 e. The fraction of sp³-hybridized carbons (Fsp3) is 0.312. The molecule has 0 atom stereocenters. The van der Waals surface area contributed by atoms with E-state index in [0.717, 1.165) is 48.7 Å². The SMILES string of the molecule is N#Cc1cc(Br)cnc1N1CCN(Cc2ccccn2)CC1. The number of hydrogen-bond acceptors (Lipinski definition) is 5. The number of pyridine rings is 2. The molecule has 0 N–H and O–H groups in total. The van der Waals surface area contributed by atoms with E-state index in [1.54, 1.807) is 6.20 Å². The molecule has 0 saturated carbocycles. The molecule has 3 heterocycles. The lowest BCUT2D eigenvalue weighted by Crippen LogP contribution is -2.46. The summed E-state index contributed by atoms with van der Waals surface area (Å²) in [6, 6.07) is 10.1. The maximum atomic E-state index is 9.26. The van der Waals surface area contributed by atoms with Crippen LogP contribution < -0.4 is 4.90 Å². The molecule has 5 nitrogen and oxygen atoms in total. The van der Waals surface area contributed by atoms with E-state index in [-0.39, 0.29) is 0 Å². The maximum Gasteiger partial charge on any atom is 0.146 e. The summed E-state index contributed by atoms with van der Waals surface area (Å²) in [5.74, 6) is 0.781. The number of piperazine rings is 1. The summed E-state index contributed by atoms with van der Waals surface area (Å²) < 4.78 is 0.835. The third-order valence-corrected chi connectivity index (χ3v) is 4.17. The molecule has 2 aromatic heterocycles. The van der Waals surface area contributed by atoms with Crippen molar-refractivity contribution < 1.29 is 0 Å². The molecular formula is C16H16BrN5. The van der Waals surface area contributed by atoms with Gasteiger partial charge in [0.1, 0.15) is 11.9 Å². The first-order valence-corrected chi connectivity index (χ1v) is 7.98. The van der Waals surface area contributed by atoms with E-state index in [4.69, 9.17) is 0 Å². The predicted molar refractivity (Wildman–Crippen MR) is 88.4 cm³/mol. The van der Waals surface area contributed by atoms with E-state index >= 15 is 0 Å². The molecule has 22 heavy (non-hydrogen) atoms. The summed E-state index contributed by atoms with van der Waals surface area (Å²) in [7, 11) is 0. The number of hydrogen-bond donors (Lipinski definition) is 0. The Bertz CT molecular complexity index is 675. The number of nitriles is 1. The van der Waals surface area contributed by atoms with E-state index in [0.29, 0.717) is 5.56 Å². The van der Waals surface area contributed by atoms with E-state index in [9.17, 15) is 5.26 Å². The van der Waals surface area contributed by atoms with Crippen molar-refractivity contribution in [1.29, 1.82) is 5.26 Å². The molecule has 1 aliphatic rings.